The second-order valence-electron chi connectivity index (χ2n) is 6.80. The molecule has 0 radical (unpaired) electrons. The van der Waals surface area contributed by atoms with Crippen LogP contribution in [-0.4, -0.2) is 12.5 Å². The predicted molar refractivity (Wildman–Crippen MR) is 132 cm³/mol. The zero-order valence-electron chi connectivity index (χ0n) is 17.6. The van der Waals surface area contributed by atoms with E-state index >= 15 is 0 Å². The number of hydrogen-bond donors (Lipinski definition) is 1. The molecule has 1 amide bonds. The molecule has 0 aliphatic rings. The molecule has 8 heteroatoms. The van der Waals surface area contributed by atoms with Gasteiger partial charge in [-0.1, -0.05) is 53.0 Å². The number of rotatable bonds is 8. The molecule has 3 rings (SSSR count). The minimum Gasteiger partial charge on any atom is -0.490 e. The number of benzene rings is 3. The summed E-state index contributed by atoms with van der Waals surface area (Å²) in [7, 11) is 0. The van der Waals surface area contributed by atoms with Gasteiger partial charge in [-0.2, -0.15) is 5.26 Å². The molecule has 0 aliphatic heterocycles. The van der Waals surface area contributed by atoms with E-state index in [-0.39, 0.29) is 5.57 Å². The molecule has 5 nitrogen and oxygen atoms in total. The van der Waals surface area contributed by atoms with Crippen molar-refractivity contribution in [3.63, 3.8) is 0 Å². The van der Waals surface area contributed by atoms with E-state index in [1.165, 1.54) is 12.1 Å². The first-order valence-electron chi connectivity index (χ1n) is 9.92. The van der Waals surface area contributed by atoms with Gasteiger partial charge in [0, 0.05) is 10.0 Å². The Bertz CT molecular complexity index is 1220. The first kappa shape index (κ1) is 24.5. The minimum atomic E-state index is -0.609. The van der Waals surface area contributed by atoms with Crippen LogP contribution < -0.4 is 14.8 Å². The molecule has 1 N–H and O–H groups in total. The lowest BCUT2D eigenvalue weighted by molar-refractivity contribution is -0.112. The number of nitrogens with one attached hydrogen (secondary N) is 1. The molecule has 0 atom stereocenters. The highest BCUT2D eigenvalue weighted by molar-refractivity contribution is 6.36. The fourth-order valence-electron chi connectivity index (χ4n) is 2.84. The van der Waals surface area contributed by atoms with Gasteiger partial charge in [0.2, 0.25) is 0 Å². The molecule has 0 saturated heterocycles. The van der Waals surface area contributed by atoms with Crippen molar-refractivity contribution in [3.8, 4) is 17.6 Å². The Morgan fingerprint density at radius 1 is 0.970 bits per heavy atom. The number of ether oxygens (including phenoxy) is 2. The van der Waals surface area contributed by atoms with Gasteiger partial charge in [0.1, 0.15) is 18.2 Å². The van der Waals surface area contributed by atoms with Crippen LogP contribution in [0.2, 0.25) is 15.1 Å². The Hall–Kier alpha value is -3.17. The number of carbonyl (C=O) groups is 1. The topological polar surface area (TPSA) is 71.3 Å². The fourth-order valence-corrected chi connectivity index (χ4v) is 3.30. The van der Waals surface area contributed by atoms with Crippen molar-refractivity contribution in [3.05, 3.63) is 92.4 Å². The highest BCUT2D eigenvalue weighted by Gasteiger charge is 2.13. The molecular weight excluding hydrogens is 483 g/mol. The van der Waals surface area contributed by atoms with E-state index < -0.39 is 5.91 Å². The molecule has 3 aromatic carbocycles. The van der Waals surface area contributed by atoms with Gasteiger partial charge in [-0.05, 0) is 66.6 Å². The lowest BCUT2D eigenvalue weighted by Crippen LogP contribution is -2.13. The predicted octanol–water partition coefficient (Wildman–Crippen LogP) is 7.17. The van der Waals surface area contributed by atoms with Gasteiger partial charge in [-0.3, -0.25) is 4.79 Å². The number of anilines is 1. The first-order valence-corrected chi connectivity index (χ1v) is 11.0. The van der Waals surface area contributed by atoms with E-state index in [1.54, 1.807) is 42.5 Å². The third-order valence-electron chi connectivity index (χ3n) is 4.43. The zero-order chi connectivity index (χ0) is 23.8. The molecule has 3 aromatic rings. The number of nitriles is 1. The van der Waals surface area contributed by atoms with Gasteiger partial charge in [0.05, 0.1) is 17.3 Å². The van der Waals surface area contributed by atoms with Crippen molar-refractivity contribution < 1.29 is 14.3 Å². The fraction of sp³-hybridized carbons (Fsp3) is 0.120. The summed E-state index contributed by atoms with van der Waals surface area (Å²) in [6.45, 7) is 2.61. The van der Waals surface area contributed by atoms with Crippen molar-refractivity contribution in [2.75, 3.05) is 11.9 Å². The van der Waals surface area contributed by atoms with Crippen molar-refractivity contribution >= 4 is 52.5 Å². The molecule has 0 unspecified atom stereocenters. The number of nitrogens with zero attached hydrogens (tertiary/aromatic N) is 1. The SMILES string of the molecule is CCOc1cc(/C=C(\C#N)C(=O)Nc2cc(Cl)ccc2Cl)ccc1OCc1ccc(Cl)cc1. The van der Waals surface area contributed by atoms with Crippen molar-refractivity contribution in [1.82, 2.24) is 0 Å². The van der Waals surface area contributed by atoms with Gasteiger partial charge in [0.25, 0.3) is 5.91 Å². The summed E-state index contributed by atoms with van der Waals surface area (Å²) in [6.07, 6.45) is 1.46. The van der Waals surface area contributed by atoms with Gasteiger partial charge in [-0.15, -0.1) is 0 Å². The quantitative estimate of drug-likeness (QED) is 0.262. The monoisotopic (exact) mass is 500 g/mol. The first-order chi connectivity index (χ1) is 15.9. The highest BCUT2D eigenvalue weighted by Crippen LogP contribution is 2.31. The van der Waals surface area contributed by atoms with Crippen LogP contribution in [0, 0.1) is 11.3 Å². The van der Waals surface area contributed by atoms with E-state index in [0.717, 1.165) is 5.56 Å². The molecule has 0 saturated carbocycles. The zero-order valence-corrected chi connectivity index (χ0v) is 19.8. The van der Waals surface area contributed by atoms with Gasteiger partial charge in [0.15, 0.2) is 11.5 Å². The molecular formula is C25H19Cl3N2O3. The molecule has 0 aromatic heterocycles. The molecule has 0 bridgehead atoms. The van der Waals surface area contributed by atoms with Gasteiger partial charge < -0.3 is 14.8 Å². The van der Waals surface area contributed by atoms with E-state index in [2.05, 4.69) is 5.32 Å². The Morgan fingerprint density at radius 3 is 2.39 bits per heavy atom. The number of halogens is 3. The summed E-state index contributed by atoms with van der Waals surface area (Å²) in [4.78, 5) is 12.6. The van der Waals surface area contributed by atoms with Crippen LogP contribution in [-0.2, 0) is 11.4 Å². The number of hydrogen-bond acceptors (Lipinski definition) is 4. The van der Waals surface area contributed by atoms with Crippen LogP contribution in [0.1, 0.15) is 18.1 Å². The van der Waals surface area contributed by atoms with E-state index in [9.17, 15) is 10.1 Å². The molecule has 0 aliphatic carbocycles. The minimum absolute atomic E-state index is 0.108. The third kappa shape index (κ3) is 6.90. The van der Waals surface area contributed by atoms with Crippen LogP contribution in [0.3, 0.4) is 0 Å². The third-order valence-corrected chi connectivity index (χ3v) is 5.24. The Balaban J connectivity index is 1.79. The van der Waals surface area contributed by atoms with Crippen LogP contribution in [0.4, 0.5) is 5.69 Å². The Labute approximate surface area is 207 Å². The average Bonchev–Trinajstić information content (AvgIpc) is 2.80. The van der Waals surface area contributed by atoms with Crippen molar-refractivity contribution in [2.24, 2.45) is 0 Å². The summed E-state index contributed by atoms with van der Waals surface area (Å²) in [5, 5.41) is 13.5. The second-order valence-corrected chi connectivity index (χ2v) is 8.08. The molecule has 0 spiro atoms. The summed E-state index contributed by atoms with van der Waals surface area (Å²) >= 11 is 18.0. The standard InChI is InChI=1S/C25H19Cl3N2O3/c1-2-32-24-12-17(5-10-23(24)33-15-16-3-6-19(26)7-4-16)11-18(14-29)25(31)30-22-13-20(27)8-9-21(22)28/h3-13H,2,15H2,1H3,(H,30,31)/b18-11+. The Kier molecular flexibility index (Phi) is 8.62. The molecule has 168 valence electrons. The van der Waals surface area contributed by atoms with Crippen LogP contribution >= 0.6 is 34.8 Å². The number of carbonyl (C=O) groups excluding carboxylic acids is 1. The lowest BCUT2D eigenvalue weighted by Gasteiger charge is -2.13. The maximum absolute atomic E-state index is 12.6. The van der Waals surface area contributed by atoms with E-state index in [1.807, 2.05) is 25.1 Å². The normalized spacial score (nSPS) is 10.9. The molecule has 33 heavy (non-hydrogen) atoms. The van der Waals surface area contributed by atoms with Crippen LogP contribution in [0.25, 0.3) is 6.08 Å². The van der Waals surface area contributed by atoms with Crippen LogP contribution in [0.5, 0.6) is 11.5 Å². The summed E-state index contributed by atoms with van der Waals surface area (Å²) in [6, 6.07) is 19.1. The van der Waals surface area contributed by atoms with Crippen molar-refractivity contribution in [2.45, 2.75) is 13.5 Å². The number of amides is 1. The maximum Gasteiger partial charge on any atom is 0.266 e. The maximum atomic E-state index is 12.6. The molecule has 0 heterocycles. The summed E-state index contributed by atoms with van der Waals surface area (Å²) < 4.78 is 11.6. The second kappa shape index (κ2) is 11.6. The highest BCUT2D eigenvalue weighted by atomic mass is 35.5. The largest absolute Gasteiger partial charge is 0.490 e. The summed E-state index contributed by atoms with van der Waals surface area (Å²) in [5.74, 6) is 0.427. The van der Waals surface area contributed by atoms with E-state index in [0.29, 0.717) is 51.0 Å². The van der Waals surface area contributed by atoms with E-state index in [4.69, 9.17) is 44.3 Å². The van der Waals surface area contributed by atoms with Crippen molar-refractivity contribution in [1.29, 1.82) is 5.26 Å². The van der Waals surface area contributed by atoms with Gasteiger partial charge >= 0.3 is 0 Å². The smallest absolute Gasteiger partial charge is 0.266 e. The average molecular weight is 502 g/mol. The molecule has 0 fully saturated rings. The summed E-state index contributed by atoms with van der Waals surface area (Å²) in [5.41, 5.74) is 1.76. The Morgan fingerprint density at radius 2 is 1.70 bits per heavy atom. The van der Waals surface area contributed by atoms with Gasteiger partial charge in [-0.25, -0.2) is 0 Å². The van der Waals surface area contributed by atoms with Crippen LogP contribution in [0.15, 0.2) is 66.2 Å². The lowest BCUT2D eigenvalue weighted by atomic mass is 10.1.